The lowest BCUT2D eigenvalue weighted by Crippen LogP contribution is -2.44. The number of hydrogen-bond acceptors (Lipinski definition) is 3. The van der Waals surface area contributed by atoms with Crippen LogP contribution in [-0.2, 0) is 22.7 Å². The van der Waals surface area contributed by atoms with Crippen molar-refractivity contribution in [2.75, 3.05) is 0 Å². The number of hydrogen-bond donors (Lipinski definition) is 1. The molecule has 2 amide bonds. The van der Waals surface area contributed by atoms with E-state index in [0.717, 1.165) is 5.56 Å². The van der Waals surface area contributed by atoms with Gasteiger partial charge in [-0.1, -0.05) is 30.3 Å². The predicted octanol–water partition coefficient (Wildman–Crippen LogP) is 2.09. The van der Waals surface area contributed by atoms with Crippen LogP contribution in [0.3, 0.4) is 0 Å². The number of benzene rings is 1. The van der Waals surface area contributed by atoms with E-state index in [9.17, 15) is 9.59 Å². The van der Waals surface area contributed by atoms with Crippen molar-refractivity contribution < 1.29 is 14.0 Å². The topological polar surface area (TPSA) is 62.6 Å². The molecule has 0 aliphatic carbocycles. The molecule has 1 aliphatic heterocycles. The molecular weight excluding hydrogens is 280 g/mol. The zero-order valence-corrected chi connectivity index (χ0v) is 12.2. The van der Waals surface area contributed by atoms with Crippen LogP contribution in [-0.4, -0.2) is 22.8 Å². The van der Waals surface area contributed by atoms with Crippen LogP contribution in [0.5, 0.6) is 0 Å². The SMILES string of the molecule is O=C(NCc1ccccc1)[C@H]1CCC(=O)N1Cc1ccco1. The Bertz CT molecular complexity index is 637. The van der Waals surface area contributed by atoms with Crippen LogP contribution in [0.1, 0.15) is 24.2 Å². The Labute approximate surface area is 128 Å². The number of carbonyl (C=O) groups excluding carboxylic acids is 2. The largest absolute Gasteiger partial charge is 0.467 e. The van der Waals surface area contributed by atoms with Gasteiger partial charge in [-0.25, -0.2) is 0 Å². The molecule has 1 atom stereocenters. The first-order valence-electron chi connectivity index (χ1n) is 7.37. The zero-order valence-electron chi connectivity index (χ0n) is 12.2. The van der Waals surface area contributed by atoms with Crippen molar-refractivity contribution in [2.45, 2.75) is 32.0 Å². The number of rotatable bonds is 5. The smallest absolute Gasteiger partial charge is 0.243 e. The normalized spacial score (nSPS) is 17.7. The maximum absolute atomic E-state index is 12.4. The summed E-state index contributed by atoms with van der Waals surface area (Å²) < 4.78 is 5.28. The number of carbonyl (C=O) groups is 2. The fourth-order valence-electron chi connectivity index (χ4n) is 2.68. The molecule has 1 N–H and O–H groups in total. The summed E-state index contributed by atoms with van der Waals surface area (Å²) in [4.78, 5) is 26.0. The van der Waals surface area contributed by atoms with Crippen LogP contribution in [0.15, 0.2) is 53.1 Å². The van der Waals surface area contributed by atoms with Gasteiger partial charge in [0, 0.05) is 13.0 Å². The van der Waals surface area contributed by atoms with E-state index in [-0.39, 0.29) is 11.8 Å². The molecule has 3 rings (SSSR count). The van der Waals surface area contributed by atoms with E-state index < -0.39 is 6.04 Å². The Morgan fingerprint density at radius 3 is 2.77 bits per heavy atom. The lowest BCUT2D eigenvalue weighted by molar-refractivity contribution is -0.136. The van der Waals surface area contributed by atoms with E-state index in [1.54, 1.807) is 17.2 Å². The van der Waals surface area contributed by atoms with E-state index in [2.05, 4.69) is 5.32 Å². The van der Waals surface area contributed by atoms with Crippen molar-refractivity contribution >= 4 is 11.8 Å². The van der Waals surface area contributed by atoms with Crippen molar-refractivity contribution in [1.82, 2.24) is 10.2 Å². The minimum Gasteiger partial charge on any atom is -0.467 e. The van der Waals surface area contributed by atoms with Gasteiger partial charge >= 0.3 is 0 Å². The monoisotopic (exact) mass is 298 g/mol. The Hall–Kier alpha value is -2.56. The molecule has 1 aromatic heterocycles. The number of furan rings is 1. The molecule has 114 valence electrons. The maximum Gasteiger partial charge on any atom is 0.243 e. The Balaban J connectivity index is 1.61. The minimum atomic E-state index is -0.415. The number of nitrogens with one attached hydrogen (secondary N) is 1. The third-order valence-corrected chi connectivity index (χ3v) is 3.85. The molecule has 22 heavy (non-hydrogen) atoms. The van der Waals surface area contributed by atoms with E-state index in [0.29, 0.717) is 31.7 Å². The number of amides is 2. The zero-order chi connectivity index (χ0) is 15.4. The summed E-state index contributed by atoms with van der Waals surface area (Å²) >= 11 is 0. The van der Waals surface area contributed by atoms with E-state index in [1.165, 1.54) is 0 Å². The molecule has 1 aromatic carbocycles. The summed E-state index contributed by atoms with van der Waals surface area (Å²) in [5, 5.41) is 2.91. The van der Waals surface area contributed by atoms with Gasteiger partial charge in [-0.05, 0) is 24.1 Å². The van der Waals surface area contributed by atoms with E-state index in [4.69, 9.17) is 4.42 Å². The molecule has 2 aromatic rings. The van der Waals surface area contributed by atoms with Crippen LogP contribution in [0, 0.1) is 0 Å². The van der Waals surface area contributed by atoms with Gasteiger partial charge in [0.25, 0.3) is 0 Å². The molecule has 0 saturated carbocycles. The van der Waals surface area contributed by atoms with Crippen LogP contribution in [0.4, 0.5) is 0 Å². The van der Waals surface area contributed by atoms with Crippen molar-refractivity contribution in [3.63, 3.8) is 0 Å². The molecule has 1 saturated heterocycles. The van der Waals surface area contributed by atoms with Crippen molar-refractivity contribution in [1.29, 1.82) is 0 Å². The molecule has 0 radical (unpaired) electrons. The predicted molar refractivity (Wildman–Crippen MR) is 80.6 cm³/mol. The quantitative estimate of drug-likeness (QED) is 0.919. The molecular formula is C17H18N2O3. The third-order valence-electron chi connectivity index (χ3n) is 3.85. The summed E-state index contributed by atoms with van der Waals surface area (Å²) in [7, 11) is 0. The van der Waals surface area contributed by atoms with Crippen LogP contribution < -0.4 is 5.32 Å². The summed E-state index contributed by atoms with van der Waals surface area (Å²) in [6.07, 6.45) is 2.53. The first-order chi connectivity index (χ1) is 10.7. The standard InChI is InChI=1S/C17H18N2O3/c20-16-9-8-15(19(16)12-14-7-4-10-22-14)17(21)18-11-13-5-2-1-3-6-13/h1-7,10,15H,8-9,11-12H2,(H,18,21)/t15-/m1/s1. The second-order valence-corrected chi connectivity index (χ2v) is 5.36. The second kappa shape index (κ2) is 6.47. The first-order valence-corrected chi connectivity index (χ1v) is 7.37. The number of likely N-dealkylation sites (tertiary alicyclic amines) is 1. The fraction of sp³-hybridized carbons (Fsp3) is 0.294. The molecule has 1 aliphatic rings. The van der Waals surface area contributed by atoms with Gasteiger partial charge in [-0.15, -0.1) is 0 Å². The Morgan fingerprint density at radius 1 is 1.23 bits per heavy atom. The highest BCUT2D eigenvalue weighted by molar-refractivity contribution is 5.90. The van der Waals surface area contributed by atoms with E-state index in [1.807, 2.05) is 36.4 Å². The van der Waals surface area contributed by atoms with Gasteiger partial charge in [0.05, 0.1) is 12.8 Å². The van der Waals surface area contributed by atoms with Crippen molar-refractivity contribution in [3.05, 3.63) is 60.1 Å². The first kappa shape index (κ1) is 14.4. The molecule has 1 fully saturated rings. The maximum atomic E-state index is 12.4. The van der Waals surface area contributed by atoms with Gasteiger partial charge in [0.2, 0.25) is 11.8 Å². The summed E-state index contributed by atoms with van der Waals surface area (Å²) in [6.45, 7) is 0.814. The Morgan fingerprint density at radius 2 is 2.05 bits per heavy atom. The van der Waals surface area contributed by atoms with Crippen molar-refractivity contribution in [3.8, 4) is 0 Å². The van der Waals surface area contributed by atoms with Crippen molar-refractivity contribution in [2.24, 2.45) is 0 Å². The van der Waals surface area contributed by atoms with Crippen LogP contribution >= 0.6 is 0 Å². The Kier molecular flexibility index (Phi) is 4.23. The molecule has 5 nitrogen and oxygen atoms in total. The van der Waals surface area contributed by atoms with E-state index >= 15 is 0 Å². The average Bonchev–Trinajstić information content (AvgIpc) is 3.17. The average molecular weight is 298 g/mol. The lowest BCUT2D eigenvalue weighted by atomic mass is 10.2. The van der Waals surface area contributed by atoms with Gasteiger partial charge in [-0.2, -0.15) is 0 Å². The highest BCUT2D eigenvalue weighted by Crippen LogP contribution is 2.22. The van der Waals surface area contributed by atoms with Gasteiger partial charge in [0.1, 0.15) is 11.8 Å². The fourth-order valence-corrected chi connectivity index (χ4v) is 2.68. The molecule has 0 unspecified atom stereocenters. The molecule has 0 spiro atoms. The van der Waals surface area contributed by atoms with Gasteiger partial charge in [0.15, 0.2) is 0 Å². The molecule has 2 heterocycles. The summed E-state index contributed by atoms with van der Waals surface area (Å²) in [5.41, 5.74) is 1.04. The van der Waals surface area contributed by atoms with Crippen LogP contribution in [0.2, 0.25) is 0 Å². The minimum absolute atomic E-state index is 0.00346. The van der Waals surface area contributed by atoms with Gasteiger partial charge < -0.3 is 14.6 Å². The summed E-state index contributed by atoms with van der Waals surface area (Å²) in [6, 6.07) is 12.9. The second-order valence-electron chi connectivity index (χ2n) is 5.36. The van der Waals surface area contributed by atoms with Crippen LogP contribution in [0.25, 0.3) is 0 Å². The molecule has 0 bridgehead atoms. The van der Waals surface area contributed by atoms with Gasteiger partial charge in [-0.3, -0.25) is 9.59 Å². The summed E-state index contributed by atoms with van der Waals surface area (Å²) in [5.74, 6) is 0.577. The highest BCUT2D eigenvalue weighted by Gasteiger charge is 2.36. The number of nitrogens with zero attached hydrogens (tertiary/aromatic N) is 1. The lowest BCUT2D eigenvalue weighted by Gasteiger charge is -2.23. The highest BCUT2D eigenvalue weighted by atomic mass is 16.3. The third kappa shape index (κ3) is 3.19. The molecule has 5 heteroatoms.